The van der Waals surface area contributed by atoms with Crippen molar-refractivity contribution in [1.29, 1.82) is 0 Å². The normalized spacial score (nSPS) is 17.3. The van der Waals surface area contributed by atoms with Gasteiger partial charge >= 0.3 is 5.97 Å². The highest BCUT2D eigenvalue weighted by molar-refractivity contribution is 5.92. The third kappa shape index (κ3) is 6.48. The van der Waals surface area contributed by atoms with Crippen molar-refractivity contribution in [2.24, 2.45) is 0 Å². The summed E-state index contributed by atoms with van der Waals surface area (Å²) in [5.41, 5.74) is 3.05. The third-order valence-corrected chi connectivity index (χ3v) is 5.66. The SMILES string of the molecule is COC(=O)c1ccc(C2C=C(C(=O)NCc3nc4ccccc4[nH]3)OC(OCCOCCO)C2)cc1. The van der Waals surface area contributed by atoms with Crippen molar-refractivity contribution in [3.63, 3.8) is 0 Å². The molecule has 2 aromatic carbocycles. The van der Waals surface area contributed by atoms with E-state index >= 15 is 0 Å². The quantitative estimate of drug-likeness (QED) is 0.273. The second-order valence-electron chi connectivity index (χ2n) is 8.12. The number of aliphatic hydroxyl groups excluding tert-OH is 1. The number of para-hydroxylation sites is 2. The molecule has 1 aliphatic rings. The number of amides is 1. The molecule has 0 aliphatic carbocycles. The van der Waals surface area contributed by atoms with E-state index in [-0.39, 0.29) is 44.6 Å². The van der Waals surface area contributed by atoms with Crippen LogP contribution in [0, 0.1) is 0 Å². The summed E-state index contributed by atoms with van der Waals surface area (Å²) in [6.45, 7) is 0.886. The second-order valence-corrected chi connectivity index (χ2v) is 8.12. The summed E-state index contributed by atoms with van der Waals surface area (Å²) >= 11 is 0. The molecule has 2 heterocycles. The van der Waals surface area contributed by atoms with Crippen LogP contribution in [0.25, 0.3) is 11.0 Å². The van der Waals surface area contributed by atoms with Crippen molar-refractivity contribution < 1.29 is 33.6 Å². The fourth-order valence-electron chi connectivity index (χ4n) is 3.88. The maximum atomic E-state index is 13.0. The molecule has 36 heavy (non-hydrogen) atoms. The number of aromatic nitrogens is 2. The van der Waals surface area contributed by atoms with Gasteiger partial charge in [-0.1, -0.05) is 24.3 Å². The monoisotopic (exact) mass is 495 g/mol. The number of hydrogen-bond donors (Lipinski definition) is 3. The molecule has 0 spiro atoms. The Morgan fingerprint density at radius 1 is 1.14 bits per heavy atom. The molecule has 1 aromatic heterocycles. The minimum Gasteiger partial charge on any atom is -0.465 e. The zero-order valence-electron chi connectivity index (χ0n) is 19.9. The van der Waals surface area contributed by atoms with Gasteiger partial charge < -0.3 is 34.4 Å². The number of allylic oxidation sites excluding steroid dienone is 1. The van der Waals surface area contributed by atoms with Gasteiger partial charge in [0.05, 0.1) is 56.7 Å². The van der Waals surface area contributed by atoms with Crippen LogP contribution in [0.3, 0.4) is 0 Å². The molecule has 10 nitrogen and oxygen atoms in total. The van der Waals surface area contributed by atoms with E-state index in [2.05, 4.69) is 15.3 Å². The van der Waals surface area contributed by atoms with Crippen molar-refractivity contribution in [3.8, 4) is 0 Å². The lowest BCUT2D eigenvalue weighted by Crippen LogP contribution is -2.33. The van der Waals surface area contributed by atoms with Gasteiger partial charge in [-0.2, -0.15) is 0 Å². The Hall–Kier alpha value is -3.73. The molecule has 0 fully saturated rings. The van der Waals surface area contributed by atoms with Crippen molar-refractivity contribution >= 4 is 22.9 Å². The first-order chi connectivity index (χ1) is 17.6. The smallest absolute Gasteiger partial charge is 0.337 e. The van der Waals surface area contributed by atoms with Crippen LogP contribution in [0.4, 0.5) is 0 Å². The maximum Gasteiger partial charge on any atom is 0.337 e. The standard InChI is InChI=1S/C26H29N3O7/c1-33-26(32)18-8-6-17(7-9-18)19-14-22(36-24(15-19)35-13-12-34-11-10-30)25(31)27-16-23-28-20-4-2-3-5-21(20)29-23/h2-9,14,19,24,30H,10-13,15-16H2,1H3,(H,27,31)(H,28,29). The van der Waals surface area contributed by atoms with Crippen molar-refractivity contribution in [2.75, 3.05) is 33.5 Å². The van der Waals surface area contributed by atoms with Crippen LogP contribution in [-0.2, 0) is 30.3 Å². The van der Waals surface area contributed by atoms with E-state index in [0.29, 0.717) is 17.8 Å². The molecule has 10 heteroatoms. The predicted octanol–water partition coefficient (Wildman–Crippen LogP) is 2.41. The summed E-state index contributed by atoms with van der Waals surface area (Å²) in [6.07, 6.45) is 1.55. The van der Waals surface area contributed by atoms with Crippen LogP contribution >= 0.6 is 0 Å². The number of nitrogens with one attached hydrogen (secondary N) is 2. The Kier molecular flexibility index (Phi) is 8.66. The van der Waals surface area contributed by atoms with Gasteiger partial charge in [0.2, 0.25) is 6.29 Å². The first-order valence-electron chi connectivity index (χ1n) is 11.7. The van der Waals surface area contributed by atoms with E-state index in [4.69, 9.17) is 24.1 Å². The zero-order valence-corrected chi connectivity index (χ0v) is 19.9. The number of carbonyl (C=O) groups excluding carboxylic acids is 2. The highest BCUT2D eigenvalue weighted by Gasteiger charge is 2.29. The molecule has 1 amide bonds. The third-order valence-electron chi connectivity index (χ3n) is 5.66. The first kappa shape index (κ1) is 25.4. The largest absolute Gasteiger partial charge is 0.465 e. The number of rotatable bonds is 11. The average molecular weight is 496 g/mol. The number of esters is 1. The lowest BCUT2D eigenvalue weighted by atomic mass is 9.92. The topological polar surface area (TPSA) is 132 Å². The molecule has 1 aliphatic heterocycles. The van der Waals surface area contributed by atoms with Crippen LogP contribution in [0.5, 0.6) is 0 Å². The van der Waals surface area contributed by atoms with Gasteiger partial charge in [-0.15, -0.1) is 0 Å². The molecule has 0 saturated carbocycles. The average Bonchev–Trinajstić information content (AvgIpc) is 3.34. The van der Waals surface area contributed by atoms with Crippen LogP contribution in [0.1, 0.15) is 34.1 Å². The van der Waals surface area contributed by atoms with Gasteiger partial charge in [-0.05, 0) is 35.9 Å². The molecule has 190 valence electrons. The highest BCUT2D eigenvalue weighted by Crippen LogP contribution is 2.31. The molecule has 3 N–H and O–H groups in total. The van der Waals surface area contributed by atoms with Gasteiger partial charge in [0.15, 0.2) is 5.76 Å². The number of H-pyrrole nitrogens is 1. The zero-order chi connectivity index (χ0) is 25.3. The molecular weight excluding hydrogens is 466 g/mol. The number of ether oxygens (including phenoxy) is 4. The molecule has 0 radical (unpaired) electrons. The van der Waals surface area contributed by atoms with Crippen LogP contribution < -0.4 is 5.32 Å². The van der Waals surface area contributed by atoms with E-state index in [1.165, 1.54) is 7.11 Å². The molecule has 0 bridgehead atoms. The van der Waals surface area contributed by atoms with Gasteiger partial charge in [-0.25, -0.2) is 9.78 Å². The minimum absolute atomic E-state index is 0.0676. The Morgan fingerprint density at radius 3 is 2.69 bits per heavy atom. The van der Waals surface area contributed by atoms with Gasteiger partial charge in [-0.3, -0.25) is 4.79 Å². The molecule has 2 atom stereocenters. The van der Waals surface area contributed by atoms with Crippen molar-refractivity contribution in [2.45, 2.75) is 25.2 Å². The van der Waals surface area contributed by atoms with E-state index in [0.717, 1.165) is 16.6 Å². The lowest BCUT2D eigenvalue weighted by Gasteiger charge is -2.29. The fourth-order valence-corrected chi connectivity index (χ4v) is 3.88. The van der Waals surface area contributed by atoms with E-state index in [1.807, 2.05) is 36.4 Å². The molecule has 3 aromatic rings. The van der Waals surface area contributed by atoms with Crippen LogP contribution in [0.2, 0.25) is 0 Å². The van der Waals surface area contributed by atoms with Crippen LogP contribution in [0.15, 0.2) is 60.4 Å². The predicted molar refractivity (Wildman–Crippen MR) is 130 cm³/mol. The maximum absolute atomic E-state index is 13.0. The summed E-state index contributed by atoms with van der Waals surface area (Å²) in [6, 6.07) is 14.6. The summed E-state index contributed by atoms with van der Waals surface area (Å²) in [5.74, 6) is -0.221. The number of aliphatic hydroxyl groups is 1. The summed E-state index contributed by atoms with van der Waals surface area (Å²) in [5, 5.41) is 11.7. The summed E-state index contributed by atoms with van der Waals surface area (Å²) < 4.78 is 21.7. The summed E-state index contributed by atoms with van der Waals surface area (Å²) in [4.78, 5) is 32.4. The molecular formula is C26H29N3O7. The van der Waals surface area contributed by atoms with Crippen LogP contribution in [-0.4, -0.2) is 66.8 Å². The number of fused-ring (bicyclic) bond motifs is 1. The lowest BCUT2D eigenvalue weighted by molar-refractivity contribution is -0.151. The number of nitrogens with zero attached hydrogens (tertiary/aromatic N) is 1. The van der Waals surface area contributed by atoms with Gasteiger partial charge in [0.1, 0.15) is 5.82 Å². The molecule has 4 rings (SSSR count). The minimum atomic E-state index is -0.676. The van der Waals surface area contributed by atoms with E-state index in [9.17, 15) is 9.59 Å². The van der Waals surface area contributed by atoms with Crippen molar-refractivity contribution in [3.05, 3.63) is 77.3 Å². The number of hydrogen-bond acceptors (Lipinski definition) is 8. The number of methoxy groups -OCH3 is 1. The van der Waals surface area contributed by atoms with Gasteiger partial charge in [0, 0.05) is 12.3 Å². The Labute approximate surface area is 208 Å². The van der Waals surface area contributed by atoms with Gasteiger partial charge in [0.25, 0.3) is 5.91 Å². The summed E-state index contributed by atoms with van der Waals surface area (Å²) in [7, 11) is 1.33. The Bertz CT molecular complexity index is 1170. The fraction of sp³-hybridized carbons (Fsp3) is 0.346. The number of imidazole rings is 1. The molecule has 0 saturated heterocycles. The van der Waals surface area contributed by atoms with Crippen molar-refractivity contribution in [1.82, 2.24) is 15.3 Å². The number of carbonyl (C=O) groups is 2. The highest BCUT2D eigenvalue weighted by atomic mass is 16.7. The number of aromatic amines is 1. The molecule has 2 unspecified atom stereocenters. The number of benzene rings is 2. The Balaban J connectivity index is 1.45. The first-order valence-corrected chi connectivity index (χ1v) is 11.7. The van der Waals surface area contributed by atoms with E-state index in [1.54, 1.807) is 18.2 Å². The Morgan fingerprint density at radius 2 is 1.94 bits per heavy atom. The van der Waals surface area contributed by atoms with E-state index < -0.39 is 18.2 Å². The second kappa shape index (κ2) is 12.3.